The maximum atomic E-state index is 13.2. The van der Waals surface area contributed by atoms with Crippen molar-refractivity contribution in [2.45, 2.75) is 99.8 Å². The van der Waals surface area contributed by atoms with Crippen molar-refractivity contribution in [3.8, 4) is 0 Å². The molecule has 0 aromatic heterocycles. The predicted octanol–water partition coefficient (Wildman–Crippen LogP) is 1.73. The van der Waals surface area contributed by atoms with Crippen molar-refractivity contribution in [1.82, 2.24) is 20.9 Å². The van der Waals surface area contributed by atoms with Crippen LogP contribution < -0.4 is 21.7 Å². The van der Waals surface area contributed by atoms with Gasteiger partial charge in [0.15, 0.2) is 0 Å². The number of fused-ring (bicyclic) bond motifs is 1. The van der Waals surface area contributed by atoms with Crippen LogP contribution in [0.3, 0.4) is 0 Å². The lowest BCUT2D eigenvalue weighted by atomic mass is 9.93. The monoisotopic (exact) mass is 559 g/mol. The molecular formula is C25H45N5O5S2. The Hall–Kier alpha value is -1.50. The summed E-state index contributed by atoms with van der Waals surface area (Å²) in [7, 11) is 6.82. The van der Waals surface area contributed by atoms with Gasteiger partial charge in [-0.15, -0.1) is 0 Å². The highest BCUT2D eigenvalue weighted by Crippen LogP contribution is 2.53. The predicted molar refractivity (Wildman–Crippen MR) is 149 cm³/mol. The number of likely N-dealkylation sites (N-methyl/N-ethyl adjacent to an activating group) is 2. The zero-order chi connectivity index (χ0) is 27.4. The molecule has 1 aliphatic carbocycles. The number of nitrogens with two attached hydrogens (primary N) is 1. The van der Waals surface area contributed by atoms with Gasteiger partial charge in [0, 0.05) is 49.1 Å². The van der Waals surface area contributed by atoms with Crippen LogP contribution in [0.25, 0.3) is 0 Å². The van der Waals surface area contributed by atoms with Gasteiger partial charge < -0.3 is 31.7 Å². The summed E-state index contributed by atoms with van der Waals surface area (Å²) in [6, 6.07) is -1.50. The Morgan fingerprint density at radius 2 is 1.73 bits per heavy atom. The molecule has 1 saturated heterocycles. The van der Waals surface area contributed by atoms with Gasteiger partial charge in [0.25, 0.3) is 0 Å². The molecule has 0 bridgehead atoms. The summed E-state index contributed by atoms with van der Waals surface area (Å²) >= 11 is 0. The number of carboxylic acid groups (broad SMARTS) is 1. The van der Waals surface area contributed by atoms with E-state index in [2.05, 4.69) is 22.9 Å². The fourth-order valence-corrected chi connectivity index (χ4v) is 7.87. The molecule has 212 valence electrons. The second kappa shape index (κ2) is 16.5. The fourth-order valence-electron chi connectivity index (χ4n) is 4.84. The SMILES string of the molecule is CCCCCCC(=O)N(C)[C@@H](CC(=O)NC1CC(N)CC2SSC2CC(C(=O)O)C1)C(=O)NCCNC. The fraction of sp³-hybridized carbons (Fsp3) is 0.840. The normalized spacial score (nSPS) is 26.3. The summed E-state index contributed by atoms with van der Waals surface area (Å²) in [4.78, 5) is 52.3. The molecule has 2 fully saturated rings. The average molecular weight is 560 g/mol. The van der Waals surface area contributed by atoms with Gasteiger partial charge in [-0.05, 0) is 39.2 Å². The minimum atomic E-state index is -0.945. The third kappa shape index (κ3) is 10.6. The van der Waals surface area contributed by atoms with Crippen LogP contribution in [0, 0.1) is 5.92 Å². The zero-order valence-electron chi connectivity index (χ0n) is 22.4. The summed E-state index contributed by atoms with van der Waals surface area (Å²) in [6.07, 6.45) is 6.06. The van der Waals surface area contributed by atoms with Crippen molar-refractivity contribution in [3.63, 3.8) is 0 Å². The van der Waals surface area contributed by atoms with Crippen molar-refractivity contribution in [2.75, 3.05) is 27.2 Å². The number of hydrogen-bond acceptors (Lipinski definition) is 8. The van der Waals surface area contributed by atoms with Crippen molar-refractivity contribution in [1.29, 1.82) is 0 Å². The molecule has 1 aliphatic heterocycles. The number of carboxylic acids is 1. The summed E-state index contributed by atoms with van der Waals surface area (Å²) in [5.41, 5.74) is 6.38. The number of nitrogens with zero attached hydrogens (tertiary/aromatic N) is 1. The lowest BCUT2D eigenvalue weighted by Gasteiger charge is -2.36. The molecule has 3 amide bonds. The smallest absolute Gasteiger partial charge is 0.306 e. The summed E-state index contributed by atoms with van der Waals surface area (Å²) in [5, 5.41) is 19.1. The van der Waals surface area contributed by atoms with E-state index in [4.69, 9.17) is 5.73 Å². The van der Waals surface area contributed by atoms with Gasteiger partial charge in [-0.25, -0.2) is 0 Å². The second-order valence-corrected chi connectivity index (χ2v) is 13.0. The van der Waals surface area contributed by atoms with E-state index in [0.29, 0.717) is 44.0 Å². The van der Waals surface area contributed by atoms with E-state index in [1.165, 1.54) is 4.90 Å². The molecule has 2 rings (SSSR count). The molecule has 1 saturated carbocycles. The van der Waals surface area contributed by atoms with Gasteiger partial charge in [0.1, 0.15) is 6.04 Å². The lowest BCUT2D eigenvalue weighted by molar-refractivity contribution is -0.143. The van der Waals surface area contributed by atoms with Crippen LogP contribution in [0.15, 0.2) is 0 Å². The number of hydrogen-bond donors (Lipinski definition) is 5. The van der Waals surface area contributed by atoms with E-state index in [0.717, 1.165) is 32.1 Å². The van der Waals surface area contributed by atoms with E-state index in [-0.39, 0.29) is 35.4 Å². The molecule has 12 heteroatoms. The van der Waals surface area contributed by atoms with E-state index in [1.54, 1.807) is 35.7 Å². The van der Waals surface area contributed by atoms with Gasteiger partial charge >= 0.3 is 5.97 Å². The first-order valence-corrected chi connectivity index (χ1v) is 15.7. The van der Waals surface area contributed by atoms with E-state index < -0.39 is 24.0 Å². The summed E-state index contributed by atoms with van der Waals surface area (Å²) < 4.78 is 0. The highest BCUT2D eigenvalue weighted by Gasteiger charge is 2.40. The van der Waals surface area contributed by atoms with Crippen molar-refractivity contribution < 1.29 is 24.3 Å². The number of carbonyl (C=O) groups excluding carboxylic acids is 3. The molecule has 0 aromatic carbocycles. The number of nitrogens with one attached hydrogen (secondary N) is 3. The molecule has 6 atom stereocenters. The first-order chi connectivity index (χ1) is 17.7. The van der Waals surface area contributed by atoms with Crippen LogP contribution >= 0.6 is 21.6 Å². The Balaban J connectivity index is 2.06. The Bertz CT molecular complexity index is 774. The Morgan fingerprint density at radius 1 is 1.03 bits per heavy atom. The number of amides is 3. The molecular weight excluding hydrogens is 514 g/mol. The van der Waals surface area contributed by atoms with E-state index >= 15 is 0 Å². The number of aliphatic carboxylic acids is 1. The van der Waals surface area contributed by atoms with Gasteiger partial charge in [0.2, 0.25) is 17.7 Å². The zero-order valence-corrected chi connectivity index (χ0v) is 24.0. The van der Waals surface area contributed by atoms with E-state index in [1.807, 2.05) is 0 Å². The van der Waals surface area contributed by atoms with Gasteiger partial charge in [-0.2, -0.15) is 0 Å². The first-order valence-electron chi connectivity index (χ1n) is 13.4. The van der Waals surface area contributed by atoms with Crippen LogP contribution in [0.2, 0.25) is 0 Å². The standard InChI is InChI=1S/C25H45N5O5S2/c1-4-5-6-7-8-23(32)30(3)19(24(33)28-10-9-27-2)15-22(31)29-18-11-16(25(34)35)12-20-21(37-36-20)14-17(26)13-18/h16-21,27H,4-15,26H2,1-3H3,(H,28,33)(H,29,31)(H,34,35)/t16?,17?,18?,19-,20?,21?/m0/s1. The van der Waals surface area contributed by atoms with Crippen LogP contribution in [-0.2, 0) is 19.2 Å². The topological polar surface area (TPSA) is 154 Å². The van der Waals surface area contributed by atoms with Crippen molar-refractivity contribution >= 4 is 45.3 Å². The van der Waals surface area contributed by atoms with Gasteiger partial charge in [-0.1, -0.05) is 47.8 Å². The Labute approximate surface area is 228 Å². The highest BCUT2D eigenvalue weighted by molar-refractivity contribution is 8.80. The van der Waals surface area contributed by atoms with E-state index in [9.17, 15) is 24.3 Å². The first kappa shape index (κ1) is 31.7. The lowest BCUT2D eigenvalue weighted by Crippen LogP contribution is -2.51. The molecule has 0 spiro atoms. The molecule has 10 nitrogen and oxygen atoms in total. The maximum Gasteiger partial charge on any atom is 0.306 e. The third-order valence-corrected chi connectivity index (χ3v) is 10.7. The van der Waals surface area contributed by atoms with Crippen LogP contribution in [0.5, 0.6) is 0 Å². The minimum absolute atomic E-state index is 0.147. The van der Waals surface area contributed by atoms with Gasteiger partial charge in [-0.3, -0.25) is 19.2 Å². The minimum Gasteiger partial charge on any atom is -0.481 e. The molecule has 2 aliphatic rings. The summed E-state index contributed by atoms with van der Waals surface area (Å²) in [6.45, 7) is 3.04. The maximum absolute atomic E-state index is 13.2. The highest BCUT2D eigenvalue weighted by atomic mass is 33.1. The van der Waals surface area contributed by atoms with Crippen LogP contribution in [0.4, 0.5) is 0 Å². The molecule has 1 heterocycles. The van der Waals surface area contributed by atoms with Crippen molar-refractivity contribution in [3.05, 3.63) is 0 Å². The number of unbranched alkanes of at least 4 members (excludes halogenated alkanes) is 3. The van der Waals surface area contributed by atoms with Crippen LogP contribution in [-0.4, -0.2) is 89.5 Å². The molecule has 0 aromatic rings. The van der Waals surface area contributed by atoms with Crippen LogP contribution in [0.1, 0.15) is 71.1 Å². The number of rotatable bonds is 14. The van der Waals surface area contributed by atoms with Gasteiger partial charge in [0.05, 0.1) is 12.3 Å². The Kier molecular flexibility index (Phi) is 14.1. The molecule has 0 radical (unpaired) electrons. The van der Waals surface area contributed by atoms with Crippen molar-refractivity contribution in [2.24, 2.45) is 11.7 Å². The largest absolute Gasteiger partial charge is 0.481 e. The third-order valence-electron chi connectivity index (χ3n) is 7.10. The number of carbonyl (C=O) groups is 4. The molecule has 6 N–H and O–H groups in total. The second-order valence-electron chi connectivity index (χ2n) is 10.2. The molecule has 37 heavy (non-hydrogen) atoms. The molecule has 5 unspecified atom stereocenters. The summed E-state index contributed by atoms with van der Waals surface area (Å²) in [5.74, 6) is -2.36. The Morgan fingerprint density at radius 3 is 2.35 bits per heavy atom. The average Bonchev–Trinajstić information content (AvgIpc) is 2.88. The quantitative estimate of drug-likeness (QED) is 0.158.